The molecule has 4 unspecified atom stereocenters. The van der Waals surface area contributed by atoms with Crippen LogP contribution in [0.15, 0.2) is 11.5 Å². The highest BCUT2D eigenvalue weighted by molar-refractivity contribution is 5.14. The van der Waals surface area contributed by atoms with Crippen molar-refractivity contribution in [3.8, 4) is 0 Å². The van der Waals surface area contributed by atoms with Crippen molar-refractivity contribution in [1.29, 1.82) is 0 Å². The number of halogens is 1. The molecule has 114 valence electrons. The third-order valence-corrected chi connectivity index (χ3v) is 4.67. The van der Waals surface area contributed by atoms with Crippen LogP contribution in [0.1, 0.15) is 33.1 Å². The number of aliphatic hydroxyl groups excluding tert-OH is 1. The van der Waals surface area contributed by atoms with Gasteiger partial charge < -0.3 is 15.2 Å². The zero-order valence-electron chi connectivity index (χ0n) is 11.9. The number of aliphatic hydroxyl groups is 1. The topological polar surface area (TPSA) is 84.6 Å². The number of rotatable bonds is 4. The average molecular weight is 288 g/mol. The standard InChI is InChI=1S/C13H21FN2O4/c1-13(2,12(17)20-3)11-5-7-4-10(16(18)19)8(14)6-9(7)15-11/h7,9,11-12,15,17H,4-6H2,1-3H3. The molecule has 6 nitrogen and oxygen atoms in total. The quantitative estimate of drug-likeness (QED) is 0.466. The summed E-state index contributed by atoms with van der Waals surface area (Å²) in [5, 5.41) is 24.0. The Hall–Kier alpha value is -1.05. The van der Waals surface area contributed by atoms with E-state index in [1.165, 1.54) is 7.11 Å². The summed E-state index contributed by atoms with van der Waals surface area (Å²) in [4.78, 5) is 10.2. The Bertz CT molecular complexity index is 438. The summed E-state index contributed by atoms with van der Waals surface area (Å²) >= 11 is 0. The van der Waals surface area contributed by atoms with Gasteiger partial charge in [0.05, 0.1) is 4.92 Å². The number of fused-ring (bicyclic) bond motifs is 1. The van der Waals surface area contributed by atoms with Gasteiger partial charge in [0.2, 0.25) is 0 Å². The average Bonchev–Trinajstić information content (AvgIpc) is 2.79. The van der Waals surface area contributed by atoms with E-state index in [9.17, 15) is 19.6 Å². The van der Waals surface area contributed by atoms with Crippen molar-refractivity contribution in [3.63, 3.8) is 0 Å². The smallest absolute Gasteiger partial charge is 0.277 e. The van der Waals surface area contributed by atoms with Crippen LogP contribution in [0.3, 0.4) is 0 Å². The monoisotopic (exact) mass is 288 g/mol. The number of allylic oxidation sites excluding steroid dienone is 1. The summed E-state index contributed by atoms with van der Waals surface area (Å²) in [5.41, 5.74) is -0.837. The highest BCUT2D eigenvalue weighted by atomic mass is 19.1. The minimum Gasteiger partial charge on any atom is -0.367 e. The summed E-state index contributed by atoms with van der Waals surface area (Å²) in [7, 11) is 1.43. The molecule has 0 saturated carbocycles. The van der Waals surface area contributed by atoms with Crippen molar-refractivity contribution in [2.75, 3.05) is 7.11 Å². The molecule has 1 fully saturated rings. The maximum atomic E-state index is 13.7. The van der Waals surface area contributed by atoms with Gasteiger partial charge in [0.15, 0.2) is 12.1 Å². The Labute approximate surface area is 117 Å². The van der Waals surface area contributed by atoms with Crippen LogP contribution in [0.5, 0.6) is 0 Å². The first-order valence-corrected chi connectivity index (χ1v) is 6.76. The van der Waals surface area contributed by atoms with Crippen LogP contribution in [0.4, 0.5) is 4.39 Å². The maximum Gasteiger partial charge on any atom is 0.277 e. The third kappa shape index (κ3) is 2.57. The second-order valence-electron chi connectivity index (χ2n) is 6.25. The molecule has 2 aliphatic rings. The molecule has 2 N–H and O–H groups in total. The summed E-state index contributed by atoms with van der Waals surface area (Å²) in [5.74, 6) is -0.599. The molecule has 0 aromatic rings. The largest absolute Gasteiger partial charge is 0.367 e. The molecule has 0 radical (unpaired) electrons. The van der Waals surface area contributed by atoms with Gasteiger partial charge in [0, 0.05) is 37.5 Å². The fourth-order valence-electron chi connectivity index (χ4n) is 3.22. The van der Waals surface area contributed by atoms with Gasteiger partial charge in [-0.15, -0.1) is 0 Å². The fraction of sp³-hybridized carbons (Fsp3) is 0.846. The maximum absolute atomic E-state index is 13.7. The molecule has 0 spiro atoms. The van der Waals surface area contributed by atoms with E-state index in [-0.39, 0.29) is 36.5 Å². The van der Waals surface area contributed by atoms with E-state index in [1.54, 1.807) is 0 Å². The summed E-state index contributed by atoms with van der Waals surface area (Å²) in [6.07, 6.45) is -0.0705. The first kappa shape index (κ1) is 15.3. The minimum absolute atomic E-state index is 0.0308. The van der Waals surface area contributed by atoms with E-state index in [0.29, 0.717) is 6.42 Å². The third-order valence-electron chi connectivity index (χ3n) is 4.67. The first-order chi connectivity index (χ1) is 9.27. The van der Waals surface area contributed by atoms with Gasteiger partial charge in [-0.2, -0.15) is 0 Å². The number of nitrogens with one attached hydrogen (secondary N) is 1. The zero-order chi connectivity index (χ0) is 15.1. The summed E-state index contributed by atoms with van der Waals surface area (Å²) < 4.78 is 18.7. The van der Waals surface area contributed by atoms with Crippen LogP contribution in [0.25, 0.3) is 0 Å². The number of ether oxygens (including phenoxy) is 1. The van der Waals surface area contributed by atoms with E-state index < -0.39 is 22.5 Å². The van der Waals surface area contributed by atoms with Crippen LogP contribution >= 0.6 is 0 Å². The van der Waals surface area contributed by atoms with Gasteiger partial charge in [0.25, 0.3) is 5.70 Å². The van der Waals surface area contributed by atoms with Gasteiger partial charge in [-0.25, -0.2) is 4.39 Å². The molecule has 1 heterocycles. The fourth-order valence-corrected chi connectivity index (χ4v) is 3.22. The van der Waals surface area contributed by atoms with Gasteiger partial charge in [0.1, 0.15) is 0 Å². The van der Waals surface area contributed by atoms with Crippen LogP contribution in [-0.2, 0) is 4.74 Å². The lowest BCUT2D eigenvalue weighted by atomic mass is 9.79. The molecular weight excluding hydrogens is 267 g/mol. The minimum atomic E-state index is -0.937. The van der Waals surface area contributed by atoms with Crippen molar-refractivity contribution < 1.29 is 19.2 Å². The lowest BCUT2D eigenvalue weighted by Crippen LogP contribution is -2.48. The lowest BCUT2D eigenvalue weighted by molar-refractivity contribution is -0.432. The second-order valence-corrected chi connectivity index (χ2v) is 6.25. The van der Waals surface area contributed by atoms with Crippen LogP contribution < -0.4 is 5.32 Å². The zero-order valence-corrected chi connectivity index (χ0v) is 11.9. The normalized spacial score (nSPS) is 32.1. The summed E-state index contributed by atoms with van der Waals surface area (Å²) in [6.45, 7) is 3.74. The molecule has 4 atom stereocenters. The molecule has 0 aromatic carbocycles. The van der Waals surface area contributed by atoms with Crippen molar-refractivity contribution in [3.05, 3.63) is 21.6 Å². The molecule has 1 saturated heterocycles. The predicted molar refractivity (Wildman–Crippen MR) is 70.0 cm³/mol. The first-order valence-electron chi connectivity index (χ1n) is 6.76. The van der Waals surface area contributed by atoms with Crippen molar-refractivity contribution in [2.45, 2.75) is 51.5 Å². The lowest BCUT2D eigenvalue weighted by Gasteiger charge is -2.35. The Balaban J connectivity index is 2.11. The Kier molecular flexibility index (Phi) is 4.13. The number of nitro groups is 1. The van der Waals surface area contributed by atoms with Gasteiger partial charge in [-0.3, -0.25) is 10.1 Å². The van der Waals surface area contributed by atoms with Crippen LogP contribution in [-0.4, -0.2) is 35.5 Å². The molecule has 0 aromatic heterocycles. The highest BCUT2D eigenvalue weighted by Crippen LogP contribution is 2.42. The SMILES string of the molecule is COC(O)C(C)(C)C1CC2CC([N+](=O)[O-])=C(F)CC2N1. The Morgan fingerprint density at radius 1 is 1.55 bits per heavy atom. The molecule has 1 aliphatic heterocycles. The van der Waals surface area contributed by atoms with E-state index in [1.807, 2.05) is 13.8 Å². The molecular formula is C13H21FN2O4. The van der Waals surface area contributed by atoms with Crippen molar-refractivity contribution >= 4 is 0 Å². The number of methoxy groups -OCH3 is 1. The number of hydrogen-bond donors (Lipinski definition) is 2. The van der Waals surface area contributed by atoms with E-state index in [2.05, 4.69) is 5.32 Å². The van der Waals surface area contributed by atoms with Crippen molar-refractivity contribution in [1.82, 2.24) is 5.32 Å². The molecule has 7 heteroatoms. The predicted octanol–water partition coefficient (Wildman–Crippen LogP) is 1.58. The molecule has 0 bridgehead atoms. The number of hydrogen-bond acceptors (Lipinski definition) is 5. The second kappa shape index (κ2) is 5.38. The summed E-state index contributed by atoms with van der Waals surface area (Å²) in [6, 6.07) is -0.168. The van der Waals surface area contributed by atoms with E-state index >= 15 is 0 Å². The van der Waals surface area contributed by atoms with Crippen LogP contribution in [0.2, 0.25) is 0 Å². The van der Waals surface area contributed by atoms with Crippen molar-refractivity contribution in [2.24, 2.45) is 11.3 Å². The van der Waals surface area contributed by atoms with Gasteiger partial charge >= 0.3 is 0 Å². The molecule has 1 aliphatic carbocycles. The van der Waals surface area contributed by atoms with Gasteiger partial charge in [-0.05, 0) is 12.3 Å². The Morgan fingerprint density at radius 2 is 2.20 bits per heavy atom. The number of nitrogens with zero attached hydrogens (tertiary/aromatic N) is 1. The van der Waals surface area contributed by atoms with E-state index in [0.717, 1.165) is 0 Å². The molecule has 20 heavy (non-hydrogen) atoms. The Morgan fingerprint density at radius 3 is 2.75 bits per heavy atom. The highest BCUT2D eigenvalue weighted by Gasteiger charge is 2.48. The molecule has 2 rings (SSSR count). The van der Waals surface area contributed by atoms with E-state index in [4.69, 9.17) is 4.74 Å². The van der Waals surface area contributed by atoms with Crippen LogP contribution in [0, 0.1) is 21.4 Å². The van der Waals surface area contributed by atoms with Gasteiger partial charge in [-0.1, -0.05) is 13.8 Å². The molecule has 0 amide bonds.